The molecule has 0 aliphatic heterocycles. The van der Waals surface area contributed by atoms with Crippen molar-refractivity contribution >= 4 is 34.7 Å². The third-order valence-corrected chi connectivity index (χ3v) is 3.88. The Morgan fingerprint density at radius 3 is 2.44 bits per heavy atom. The molecule has 25 heavy (non-hydrogen) atoms. The molecular weight excluding hydrogens is 346 g/mol. The van der Waals surface area contributed by atoms with Crippen LogP contribution in [0.4, 0.5) is 31.9 Å². The van der Waals surface area contributed by atoms with E-state index in [1.807, 2.05) is 19.1 Å². The van der Waals surface area contributed by atoms with Crippen LogP contribution in [0.25, 0.3) is 0 Å². The van der Waals surface area contributed by atoms with Gasteiger partial charge in [0.25, 0.3) is 0 Å². The highest BCUT2D eigenvalue weighted by molar-refractivity contribution is 6.31. The maximum absolute atomic E-state index is 13.8. The fraction of sp³-hybridized carbons (Fsp3) is 0.111. The van der Waals surface area contributed by atoms with E-state index < -0.39 is 11.6 Å². The van der Waals surface area contributed by atoms with Crippen LogP contribution in [0, 0.1) is 25.5 Å². The lowest BCUT2D eigenvalue weighted by molar-refractivity contribution is 0.586. The third kappa shape index (κ3) is 4.22. The van der Waals surface area contributed by atoms with Crippen molar-refractivity contribution in [3.63, 3.8) is 0 Å². The summed E-state index contributed by atoms with van der Waals surface area (Å²) in [6, 6.07) is 10.6. The van der Waals surface area contributed by atoms with Crippen molar-refractivity contribution in [3.05, 3.63) is 70.4 Å². The van der Waals surface area contributed by atoms with Gasteiger partial charge in [-0.15, -0.1) is 0 Å². The second kappa shape index (κ2) is 7.03. The zero-order valence-electron chi connectivity index (χ0n) is 13.6. The summed E-state index contributed by atoms with van der Waals surface area (Å²) in [6.45, 7) is 3.71. The van der Waals surface area contributed by atoms with Crippen LogP contribution in [0.3, 0.4) is 0 Å². The molecule has 1 heterocycles. The highest BCUT2D eigenvalue weighted by Gasteiger charge is 2.08. The van der Waals surface area contributed by atoms with Crippen molar-refractivity contribution in [2.24, 2.45) is 0 Å². The van der Waals surface area contributed by atoms with E-state index in [9.17, 15) is 8.78 Å². The van der Waals surface area contributed by atoms with Crippen LogP contribution >= 0.6 is 11.6 Å². The average Bonchev–Trinajstić information content (AvgIpc) is 2.53. The van der Waals surface area contributed by atoms with Crippen molar-refractivity contribution in [2.45, 2.75) is 13.8 Å². The van der Waals surface area contributed by atoms with Crippen LogP contribution in [0.5, 0.6) is 0 Å². The third-order valence-electron chi connectivity index (χ3n) is 3.48. The lowest BCUT2D eigenvalue weighted by atomic mass is 10.2. The molecule has 7 heteroatoms. The van der Waals surface area contributed by atoms with E-state index in [1.54, 1.807) is 19.1 Å². The van der Waals surface area contributed by atoms with Gasteiger partial charge in [0, 0.05) is 28.5 Å². The number of hydrogen-bond acceptors (Lipinski definition) is 4. The first-order chi connectivity index (χ1) is 11.9. The molecule has 0 amide bonds. The van der Waals surface area contributed by atoms with E-state index in [-0.39, 0.29) is 11.6 Å². The van der Waals surface area contributed by atoms with E-state index >= 15 is 0 Å². The molecule has 0 fully saturated rings. The van der Waals surface area contributed by atoms with Crippen molar-refractivity contribution < 1.29 is 8.78 Å². The maximum atomic E-state index is 13.8. The van der Waals surface area contributed by atoms with E-state index in [2.05, 4.69) is 20.6 Å². The number of anilines is 4. The van der Waals surface area contributed by atoms with Crippen LogP contribution in [0.15, 0.2) is 42.5 Å². The lowest BCUT2D eigenvalue weighted by Gasteiger charge is -2.11. The van der Waals surface area contributed by atoms with Gasteiger partial charge >= 0.3 is 0 Å². The van der Waals surface area contributed by atoms with E-state index in [1.165, 1.54) is 6.07 Å². The second-order valence-electron chi connectivity index (χ2n) is 5.56. The summed E-state index contributed by atoms with van der Waals surface area (Å²) in [4.78, 5) is 8.52. The van der Waals surface area contributed by atoms with Crippen molar-refractivity contribution in [3.8, 4) is 0 Å². The summed E-state index contributed by atoms with van der Waals surface area (Å²) in [5.74, 6) is -0.639. The normalized spacial score (nSPS) is 10.6. The highest BCUT2D eigenvalue weighted by Crippen LogP contribution is 2.24. The first kappa shape index (κ1) is 17.1. The first-order valence-corrected chi connectivity index (χ1v) is 7.89. The molecule has 3 rings (SSSR count). The molecule has 0 spiro atoms. The number of hydrogen-bond donors (Lipinski definition) is 2. The van der Waals surface area contributed by atoms with Gasteiger partial charge in [0.15, 0.2) is 0 Å². The summed E-state index contributed by atoms with van der Waals surface area (Å²) in [6.07, 6.45) is 0. The lowest BCUT2D eigenvalue weighted by Crippen LogP contribution is -2.03. The molecule has 0 radical (unpaired) electrons. The van der Waals surface area contributed by atoms with Gasteiger partial charge < -0.3 is 10.6 Å². The molecule has 128 valence electrons. The fourth-order valence-electron chi connectivity index (χ4n) is 2.22. The molecule has 2 aromatic carbocycles. The van der Waals surface area contributed by atoms with E-state index in [4.69, 9.17) is 11.6 Å². The Morgan fingerprint density at radius 1 is 0.920 bits per heavy atom. The van der Waals surface area contributed by atoms with Gasteiger partial charge in [0.1, 0.15) is 17.5 Å². The second-order valence-corrected chi connectivity index (χ2v) is 5.96. The quantitative estimate of drug-likeness (QED) is 0.644. The van der Waals surface area contributed by atoms with Gasteiger partial charge in [-0.25, -0.2) is 13.8 Å². The average molecular weight is 361 g/mol. The Labute approximate surface area is 148 Å². The largest absolute Gasteiger partial charge is 0.340 e. The molecule has 0 aliphatic rings. The predicted octanol–water partition coefficient (Wildman–Crippen LogP) is 5.51. The molecule has 3 aromatic rings. The number of aromatic nitrogens is 2. The molecule has 0 saturated carbocycles. The molecule has 0 atom stereocenters. The Morgan fingerprint density at radius 2 is 1.72 bits per heavy atom. The van der Waals surface area contributed by atoms with Crippen LogP contribution in [0.2, 0.25) is 5.02 Å². The summed E-state index contributed by atoms with van der Waals surface area (Å²) in [5.41, 5.74) is 2.52. The SMILES string of the molecule is Cc1cc(Nc2ccc(C)c(Cl)c2)nc(Nc2ccc(F)cc2F)n1. The Kier molecular flexibility index (Phi) is 4.81. The minimum Gasteiger partial charge on any atom is -0.340 e. The van der Waals surface area contributed by atoms with Crippen LogP contribution in [0.1, 0.15) is 11.3 Å². The molecule has 0 bridgehead atoms. The van der Waals surface area contributed by atoms with Crippen molar-refractivity contribution in [2.75, 3.05) is 10.6 Å². The fourth-order valence-corrected chi connectivity index (χ4v) is 2.40. The van der Waals surface area contributed by atoms with E-state index in [0.717, 1.165) is 23.4 Å². The Hall–Kier alpha value is -2.73. The standard InChI is InChI=1S/C18H15ClF2N4/c1-10-3-5-13(9-14(10)19)23-17-7-11(2)22-18(25-17)24-16-6-4-12(20)8-15(16)21/h3-9H,1-2H3,(H2,22,23,24,25). The van der Waals surface area contributed by atoms with Crippen molar-refractivity contribution in [1.82, 2.24) is 9.97 Å². The van der Waals surface area contributed by atoms with Gasteiger partial charge in [-0.3, -0.25) is 0 Å². The number of rotatable bonds is 4. The number of aryl methyl sites for hydroxylation is 2. The highest BCUT2D eigenvalue weighted by atomic mass is 35.5. The summed E-state index contributed by atoms with van der Waals surface area (Å²) in [7, 11) is 0. The van der Waals surface area contributed by atoms with Crippen LogP contribution < -0.4 is 10.6 Å². The van der Waals surface area contributed by atoms with Gasteiger partial charge in [-0.05, 0) is 43.7 Å². The summed E-state index contributed by atoms with van der Waals surface area (Å²) < 4.78 is 26.8. The van der Waals surface area contributed by atoms with Gasteiger partial charge in [0.05, 0.1) is 5.69 Å². The van der Waals surface area contributed by atoms with Gasteiger partial charge in [0.2, 0.25) is 5.95 Å². The molecule has 0 saturated heterocycles. The Balaban J connectivity index is 1.86. The predicted molar refractivity (Wildman–Crippen MR) is 95.9 cm³/mol. The van der Waals surface area contributed by atoms with Crippen LogP contribution in [-0.4, -0.2) is 9.97 Å². The van der Waals surface area contributed by atoms with Crippen LogP contribution in [-0.2, 0) is 0 Å². The van der Waals surface area contributed by atoms with Gasteiger partial charge in [-0.2, -0.15) is 4.98 Å². The molecule has 2 N–H and O–H groups in total. The number of halogens is 3. The molecular formula is C18H15ClF2N4. The molecule has 1 aromatic heterocycles. The van der Waals surface area contributed by atoms with Gasteiger partial charge in [-0.1, -0.05) is 17.7 Å². The van der Waals surface area contributed by atoms with Crippen molar-refractivity contribution in [1.29, 1.82) is 0 Å². The maximum Gasteiger partial charge on any atom is 0.229 e. The topological polar surface area (TPSA) is 49.8 Å². The number of benzene rings is 2. The monoisotopic (exact) mass is 360 g/mol. The van der Waals surface area contributed by atoms with E-state index in [0.29, 0.717) is 16.5 Å². The number of nitrogens with one attached hydrogen (secondary N) is 2. The zero-order chi connectivity index (χ0) is 18.0. The minimum atomic E-state index is -0.718. The molecule has 4 nitrogen and oxygen atoms in total. The Bertz CT molecular complexity index is 931. The zero-order valence-corrected chi connectivity index (χ0v) is 14.3. The summed E-state index contributed by atoms with van der Waals surface area (Å²) in [5, 5.41) is 6.53. The first-order valence-electron chi connectivity index (χ1n) is 7.51. The number of nitrogens with zero attached hydrogens (tertiary/aromatic N) is 2. The molecule has 0 unspecified atom stereocenters. The molecule has 0 aliphatic carbocycles. The minimum absolute atomic E-state index is 0.0938. The summed E-state index contributed by atoms with van der Waals surface area (Å²) >= 11 is 6.12. The smallest absolute Gasteiger partial charge is 0.229 e.